The third-order valence-corrected chi connectivity index (χ3v) is 6.89. The molecule has 2 aromatic carbocycles. The number of aryl methyl sites for hydroxylation is 1. The number of carbonyl (C=O) groups excluding carboxylic acids is 2. The molecule has 0 unspecified atom stereocenters. The molecule has 1 aromatic heterocycles. The van der Waals surface area contributed by atoms with Crippen molar-refractivity contribution in [1.29, 1.82) is 0 Å². The van der Waals surface area contributed by atoms with Crippen LogP contribution < -0.4 is 10.6 Å². The molecule has 0 bridgehead atoms. The quantitative estimate of drug-likeness (QED) is 0.558. The maximum absolute atomic E-state index is 13.0. The minimum atomic E-state index is -0.355. The van der Waals surface area contributed by atoms with Crippen molar-refractivity contribution in [3.8, 4) is 0 Å². The zero-order chi connectivity index (χ0) is 21.1. The minimum Gasteiger partial charge on any atom is -0.350 e. The Hall–Kier alpha value is -2.92. The highest BCUT2D eigenvalue weighted by Gasteiger charge is 2.31. The number of carbonyl (C=O) groups is 2. The van der Waals surface area contributed by atoms with Gasteiger partial charge in [0.25, 0.3) is 5.91 Å². The van der Waals surface area contributed by atoms with E-state index in [1.54, 1.807) is 0 Å². The Labute approximate surface area is 181 Å². The molecule has 1 saturated carbocycles. The molecule has 2 amide bonds. The van der Waals surface area contributed by atoms with Crippen LogP contribution in [0.25, 0.3) is 0 Å². The van der Waals surface area contributed by atoms with Gasteiger partial charge in [0.15, 0.2) is 0 Å². The Balaban J connectivity index is 1.52. The van der Waals surface area contributed by atoms with E-state index < -0.39 is 0 Å². The summed E-state index contributed by atoms with van der Waals surface area (Å²) in [6.45, 7) is 4.53. The van der Waals surface area contributed by atoms with Gasteiger partial charge in [-0.3, -0.25) is 9.59 Å². The van der Waals surface area contributed by atoms with Crippen molar-refractivity contribution in [2.45, 2.75) is 32.1 Å². The summed E-state index contributed by atoms with van der Waals surface area (Å²) in [5, 5.41) is 6.82. The van der Waals surface area contributed by atoms with E-state index in [1.165, 1.54) is 11.3 Å². The Bertz CT molecular complexity index is 1000. The van der Waals surface area contributed by atoms with Crippen molar-refractivity contribution in [3.63, 3.8) is 0 Å². The predicted molar refractivity (Wildman–Crippen MR) is 122 cm³/mol. The molecule has 2 N–H and O–H groups in total. The number of anilines is 1. The minimum absolute atomic E-state index is 0.0592. The van der Waals surface area contributed by atoms with E-state index in [0.29, 0.717) is 11.4 Å². The van der Waals surface area contributed by atoms with E-state index in [1.807, 2.05) is 49.4 Å². The predicted octanol–water partition coefficient (Wildman–Crippen LogP) is 5.14. The van der Waals surface area contributed by atoms with Gasteiger partial charge in [-0.15, -0.1) is 11.3 Å². The van der Waals surface area contributed by atoms with Crippen LogP contribution >= 0.6 is 11.3 Å². The lowest BCUT2D eigenvalue weighted by Gasteiger charge is -2.31. The molecule has 0 aliphatic heterocycles. The smallest absolute Gasteiger partial charge is 0.261 e. The van der Waals surface area contributed by atoms with E-state index in [4.69, 9.17) is 0 Å². The molecule has 0 radical (unpaired) electrons. The SMILES string of the molecule is Cc1cc(NC(=O)C2CC2)sc1C(=O)NCC(C)(c1ccccc1)c1ccccc1. The number of hydrogen-bond acceptors (Lipinski definition) is 3. The summed E-state index contributed by atoms with van der Waals surface area (Å²) < 4.78 is 0. The zero-order valence-electron chi connectivity index (χ0n) is 17.3. The van der Waals surface area contributed by atoms with Gasteiger partial charge in [0.1, 0.15) is 0 Å². The van der Waals surface area contributed by atoms with E-state index in [9.17, 15) is 9.59 Å². The van der Waals surface area contributed by atoms with Crippen molar-refractivity contribution >= 4 is 28.2 Å². The third-order valence-electron chi connectivity index (χ3n) is 5.74. The molecular weight excluding hydrogens is 392 g/mol. The molecule has 154 valence electrons. The Morgan fingerprint density at radius 2 is 1.57 bits per heavy atom. The van der Waals surface area contributed by atoms with Crippen molar-refractivity contribution < 1.29 is 9.59 Å². The second-order valence-corrected chi connectivity index (χ2v) is 9.19. The highest BCUT2D eigenvalue weighted by molar-refractivity contribution is 7.18. The van der Waals surface area contributed by atoms with E-state index in [2.05, 4.69) is 41.8 Å². The van der Waals surface area contributed by atoms with Crippen LogP contribution in [-0.4, -0.2) is 18.4 Å². The van der Waals surface area contributed by atoms with Gasteiger partial charge in [0.05, 0.1) is 9.88 Å². The van der Waals surface area contributed by atoms with E-state index in [-0.39, 0.29) is 23.1 Å². The second kappa shape index (κ2) is 8.44. The highest BCUT2D eigenvalue weighted by Crippen LogP contribution is 2.34. The number of amides is 2. The number of hydrogen-bond donors (Lipinski definition) is 2. The number of benzene rings is 2. The van der Waals surface area contributed by atoms with Crippen LogP contribution in [0.15, 0.2) is 66.7 Å². The summed E-state index contributed by atoms with van der Waals surface area (Å²) in [5.41, 5.74) is 2.82. The molecule has 0 spiro atoms. The first kappa shape index (κ1) is 20.4. The summed E-state index contributed by atoms with van der Waals surface area (Å²) in [6.07, 6.45) is 1.92. The first-order chi connectivity index (χ1) is 14.5. The molecule has 4 nitrogen and oxygen atoms in total. The van der Waals surface area contributed by atoms with Crippen LogP contribution in [-0.2, 0) is 10.2 Å². The van der Waals surface area contributed by atoms with E-state index >= 15 is 0 Å². The van der Waals surface area contributed by atoms with Crippen molar-refractivity contribution in [3.05, 3.63) is 88.3 Å². The fourth-order valence-corrected chi connectivity index (χ4v) is 4.65. The molecular formula is C25H26N2O2S. The van der Waals surface area contributed by atoms with Gasteiger partial charge in [-0.25, -0.2) is 0 Å². The van der Waals surface area contributed by atoms with Crippen LogP contribution in [0.5, 0.6) is 0 Å². The summed E-state index contributed by atoms with van der Waals surface area (Å²) >= 11 is 1.34. The van der Waals surface area contributed by atoms with Crippen LogP contribution in [0.3, 0.4) is 0 Å². The van der Waals surface area contributed by atoms with Crippen molar-refractivity contribution in [2.24, 2.45) is 5.92 Å². The second-order valence-electron chi connectivity index (χ2n) is 8.13. The van der Waals surface area contributed by atoms with E-state index in [0.717, 1.165) is 34.5 Å². The zero-order valence-corrected chi connectivity index (χ0v) is 18.1. The third kappa shape index (κ3) is 4.31. The largest absolute Gasteiger partial charge is 0.350 e. The number of nitrogens with one attached hydrogen (secondary N) is 2. The first-order valence-electron chi connectivity index (χ1n) is 10.3. The van der Waals surface area contributed by atoms with Gasteiger partial charge in [-0.1, -0.05) is 60.7 Å². The molecule has 1 heterocycles. The lowest BCUT2D eigenvalue weighted by atomic mass is 9.76. The number of thiophene rings is 1. The standard InChI is InChI=1S/C25H26N2O2S/c1-17-15-21(27-23(28)18-13-14-18)30-22(17)24(29)26-16-25(2,19-9-5-3-6-10-19)20-11-7-4-8-12-20/h3-12,15,18H,13-14,16H2,1-2H3,(H,26,29)(H,27,28). The molecule has 5 heteroatoms. The molecule has 1 fully saturated rings. The molecule has 4 rings (SSSR count). The fourth-order valence-electron chi connectivity index (χ4n) is 3.66. The topological polar surface area (TPSA) is 58.2 Å². The fraction of sp³-hybridized carbons (Fsp3) is 0.280. The van der Waals surface area contributed by atoms with Gasteiger partial charge < -0.3 is 10.6 Å². The van der Waals surface area contributed by atoms with Crippen molar-refractivity contribution in [2.75, 3.05) is 11.9 Å². The lowest BCUT2D eigenvalue weighted by Crippen LogP contribution is -2.39. The average Bonchev–Trinajstić information content (AvgIpc) is 3.56. The van der Waals surface area contributed by atoms with Gasteiger partial charge >= 0.3 is 0 Å². The first-order valence-corrected chi connectivity index (χ1v) is 11.1. The van der Waals surface area contributed by atoms with Gasteiger partial charge in [0, 0.05) is 17.9 Å². The molecule has 0 atom stereocenters. The molecule has 30 heavy (non-hydrogen) atoms. The van der Waals surface area contributed by atoms with Crippen LogP contribution in [0.4, 0.5) is 5.00 Å². The van der Waals surface area contributed by atoms with Crippen LogP contribution in [0.1, 0.15) is 46.1 Å². The molecule has 0 saturated heterocycles. The lowest BCUT2D eigenvalue weighted by molar-refractivity contribution is -0.117. The molecule has 1 aliphatic carbocycles. The number of rotatable bonds is 7. The van der Waals surface area contributed by atoms with Gasteiger partial charge in [0.2, 0.25) is 5.91 Å². The Morgan fingerprint density at radius 1 is 1.00 bits per heavy atom. The van der Waals surface area contributed by atoms with Crippen LogP contribution in [0, 0.1) is 12.8 Å². The maximum atomic E-state index is 13.0. The molecule has 1 aliphatic rings. The monoisotopic (exact) mass is 418 g/mol. The normalized spacial score (nSPS) is 13.7. The summed E-state index contributed by atoms with van der Waals surface area (Å²) in [6, 6.07) is 22.4. The van der Waals surface area contributed by atoms with Crippen molar-refractivity contribution in [1.82, 2.24) is 5.32 Å². The van der Waals surface area contributed by atoms with Crippen LogP contribution in [0.2, 0.25) is 0 Å². The Kier molecular flexibility index (Phi) is 5.73. The molecule has 3 aromatic rings. The van der Waals surface area contributed by atoms with Gasteiger partial charge in [-0.05, 0) is 49.4 Å². The highest BCUT2D eigenvalue weighted by atomic mass is 32.1. The summed E-state index contributed by atoms with van der Waals surface area (Å²) in [7, 11) is 0. The Morgan fingerprint density at radius 3 is 2.10 bits per heavy atom. The van der Waals surface area contributed by atoms with Gasteiger partial charge in [-0.2, -0.15) is 0 Å². The summed E-state index contributed by atoms with van der Waals surface area (Å²) in [4.78, 5) is 25.7. The maximum Gasteiger partial charge on any atom is 0.261 e. The summed E-state index contributed by atoms with van der Waals surface area (Å²) in [5.74, 6) is 0.0913. The average molecular weight is 419 g/mol.